The van der Waals surface area contributed by atoms with Gasteiger partial charge in [-0.05, 0) is 33.3 Å². The maximum Gasteiger partial charge on any atom is 0.256 e. The summed E-state index contributed by atoms with van der Waals surface area (Å²) in [5.41, 5.74) is 2.90. The Morgan fingerprint density at radius 3 is 2.12 bits per heavy atom. The third-order valence-corrected chi connectivity index (χ3v) is 2.82. The van der Waals surface area contributed by atoms with Crippen LogP contribution in [0.5, 0.6) is 0 Å². The van der Waals surface area contributed by atoms with Gasteiger partial charge in [0.05, 0.1) is 5.70 Å². The molecule has 0 aromatic heterocycles. The molecule has 0 spiro atoms. The van der Waals surface area contributed by atoms with Gasteiger partial charge in [-0.15, -0.1) is 0 Å². The molecule has 1 heterocycles. The lowest BCUT2D eigenvalue weighted by Crippen LogP contribution is -2.51. The van der Waals surface area contributed by atoms with E-state index in [4.69, 9.17) is 0 Å². The highest BCUT2D eigenvalue weighted by atomic mass is 16.2. The van der Waals surface area contributed by atoms with Crippen molar-refractivity contribution in [3.63, 3.8) is 0 Å². The molecule has 2 rings (SSSR count). The second kappa shape index (κ2) is 3.48. The Bertz CT molecular complexity index is 451. The van der Waals surface area contributed by atoms with Crippen molar-refractivity contribution in [3.8, 4) is 0 Å². The highest BCUT2D eigenvalue weighted by molar-refractivity contribution is 6.13. The Labute approximate surface area is 96.6 Å². The van der Waals surface area contributed by atoms with Crippen molar-refractivity contribution in [2.24, 2.45) is 0 Å². The van der Waals surface area contributed by atoms with Gasteiger partial charge in [-0.25, -0.2) is 0 Å². The molecular weight excluding hydrogens is 198 g/mol. The van der Waals surface area contributed by atoms with Gasteiger partial charge in [-0.2, -0.15) is 0 Å². The summed E-state index contributed by atoms with van der Waals surface area (Å²) >= 11 is 0. The van der Waals surface area contributed by atoms with Crippen LogP contribution in [0.1, 0.15) is 33.3 Å². The molecule has 2 nitrogen and oxygen atoms in total. The van der Waals surface area contributed by atoms with Crippen molar-refractivity contribution in [3.05, 3.63) is 41.5 Å². The van der Waals surface area contributed by atoms with E-state index in [1.807, 2.05) is 42.2 Å². The predicted molar refractivity (Wildman–Crippen MR) is 65.6 cm³/mol. The minimum Gasteiger partial charge on any atom is -0.302 e. The SMILES string of the molecule is CC1=C(c2ccccc2)N(C(C)(C)C)C1=O. The largest absolute Gasteiger partial charge is 0.302 e. The molecule has 0 saturated heterocycles. The van der Waals surface area contributed by atoms with Crippen LogP contribution in [0.4, 0.5) is 0 Å². The third kappa shape index (κ3) is 1.54. The number of hydrogen-bond donors (Lipinski definition) is 0. The van der Waals surface area contributed by atoms with E-state index in [1.165, 1.54) is 0 Å². The first-order valence-electron chi connectivity index (χ1n) is 5.54. The molecule has 0 bridgehead atoms. The lowest BCUT2D eigenvalue weighted by Gasteiger charge is -2.44. The van der Waals surface area contributed by atoms with Gasteiger partial charge in [-0.1, -0.05) is 30.3 Å². The van der Waals surface area contributed by atoms with E-state index in [9.17, 15) is 4.79 Å². The summed E-state index contributed by atoms with van der Waals surface area (Å²) in [6, 6.07) is 10.1. The monoisotopic (exact) mass is 215 g/mol. The molecule has 1 aliphatic rings. The first kappa shape index (κ1) is 10.9. The van der Waals surface area contributed by atoms with Gasteiger partial charge in [0.15, 0.2) is 0 Å². The summed E-state index contributed by atoms with van der Waals surface area (Å²) in [4.78, 5) is 13.7. The van der Waals surface area contributed by atoms with Crippen molar-refractivity contribution in [2.45, 2.75) is 33.2 Å². The zero-order valence-corrected chi connectivity index (χ0v) is 10.2. The van der Waals surface area contributed by atoms with Crippen molar-refractivity contribution in [1.29, 1.82) is 0 Å². The Balaban J connectivity index is 2.46. The molecule has 0 saturated carbocycles. The standard InChI is InChI=1S/C14H17NO/c1-10-12(11-8-6-5-7-9-11)15(13(10)16)14(2,3)4/h5-9H,1-4H3. The van der Waals surface area contributed by atoms with Gasteiger partial charge in [0.25, 0.3) is 5.91 Å². The smallest absolute Gasteiger partial charge is 0.256 e. The maximum atomic E-state index is 11.9. The fraction of sp³-hybridized carbons (Fsp3) is 0.357. The van der Waals surface area contributed by atoms with E-state index in [1.54, 1.807) is 0 Å². The van der Waals surface area contributed by atoms with E-state index < -0.39 is 0 Å². The summed E-state index contributed by atoms with van der Waals surface area (Å²) in [7, 11) is 0. The quantitative estimate of drug-likeness (QED) is 0.705. The fourth-order valence-electron chi connectivity index (χ4n) is 2.07. The molecule has 1 aromatic rings. The van der Waals surface area contributed by atoms with Gasteiger partial charge >= 0.3 is 0 Å². The van der Waals surface area contributed by atoms with Crippen LogP contribution in [0.3, 0.4) is 0 Å². The number of rotatable bonds is 1. The molecule has 0 atom stereocenters. The molecule has 0 radical (unpaired) electrons. The minimum atomic E-state index is -0.151. The normalized spacial score (nSPS) is 16.5. The van der Waals surface area contributed by atoms with Gasteiger partial charge in [-0.3, -0.25) is 4.79 Å². The van der Waals surface area contributed by atoms with Crippen LogP contribution < -0.4 is 0 Å². The van der Waals surface area contributed by atoms with Crippen molar-refractivity contribution < 1.29 is 4.79 Å². The molecule has 0 N–H and O–H groups in total. The molecule has 0 aliphatic carbocycles. The molecule has 0 fully saturated rings. The molecular formula is C14H17NO. The zero-order chi connectivity index (χ0) is 11.9. The van der Waals surface area contributed by atoms with Crippen LogP contribution in [-0.4, -0.2) is 16.3 Å². The van der Waals surface area contributed by atoms with E-state index in [0.29, 0.717) is 0 Å². The first-order valence-corrected chi connectivity index (χ1v) is 5.54. The summed E-state index contributed by atoms with van der Waals surface area (Å²) in [6.45, 7) is 8.06. The van der Waals surface area contributed by atoms with E-state index >= 15 is 0 Å². The number of carbonyl (C=O) groups is 1. The Kier molecular flexibility index (Phi) is 2.38. The van der Waals surface area contributed by atoms with E-state index in [-0.39, 0.29) is 11.4 Å². The van der Waals surface area contributed by atoms with Crippen LogP contribution in [0.15, 0.2) is 35.9 Å². The highest BCUT2D eigenvalue weighted by Gasteiger charge is 2.40. The fourth-order valence-corrected chi connectivity index (χ4v) is 2.07. The molecule has 1 aliphatic heterocycles. The molecule has 1 aromatic carbocycles. The van der Waals surface area contributed by atoms with Crippen LogP contribution in [0.25, 0.3) is 5.70 Å². The van der Waals surface area contributed by atoms with E-state index in [2.05, 4.69) is 20.8 Å². The van der Waals surface area contributed by atoms with Crippen molar-refractivity contribution in [1.82, 2.24) is 4.90 Å². The summed E-state index contributed by atoms with van der Waals surface area (Å²) in [6.07, 6.45) is 0. The summed E-state index contributed by atoms with van der Waals surface area (Å²) < 4.78 is 0. The van der Waals surface area contributed by atoms with Gasteiger partial charge in [0.2, 0.25) is 0 Å². The second-order valence-electron chi connectivity index (χ2n) is 5.15. The van der Waals surface area contributed by atoms with Crippen LogP contribution in [0, 0.1) is 0 Å². The Hall–Kier alpha value is -1.57. The number of benzene rings is 1. The maximum absolute atomic E-state index is 11.9. The second-order valence-corrected chi connectivity index (χ2v) is 5.15. The minimum absolute atomic E-state index is 0.145. The lowest BCUT2D eigenvalue weighted by molar-refractivity contribution is -0.130. The van der Waals surface area contributed by atoms with Crippen LogP contribution in [0.2, 0.25) is 0 Å². The average molecular weight is 215 g/mol. The Morgan fingerprint density at radius 1 is 1.06 bits per heavy atom. The predicted octanol–water partition coefficient (Wildman–Crippen LogP) is 3.06. The van der Waals surface area contributed by atoms with Crippen molar-refractivity contribution in [2.75, 3.05) is 0 Å². The van der Waals surface area contributed by atoms with Crippen molar-refractivity contribution >= 4 is 11.6 Å². The molecule has 84 valence electrons. The summed E-state index contributed by atoms with van der Waals surface area (Å²) in [5, 5.41) is 0. The number of nitrogens with zero attached hydrogens (tertiary/aromatic N) is 1. The molecule has 16 heavy (non-hydrogen) atoms. The van der Waals surface area contributed by atoms with Gasteiger partial charge in [0, 0.05) is 11.1 Å². The Morgan fingerprint density at radius 2 is 1.62 bits per heavy atom. The highest BCUT2D eigenvalue weighted by Crippen LogP contribution is 2.38. The number of amides is 1. The number of hydrogen-bond acceptors (Lipinski definition) is 1. The van der Waals surface area contributed by atoms with Gasteiger partial charge in [0.1, 0.15) is 0 Å². The first-order chi connectivity index (χ1) is 7.43. The zero-order valence-electron chi connectivity index (χ0n) is 10.2. The average Bonchev–Trinajstić information content (AvgIpc) is 2.23. The third-order valence-electron chi connectivity index (χ3n) is 2.82. The molecule has 0 unspecified atom stereocenters. The molecule has 1 amide bonds. The van der Waals surface area contributed by atoms with Gasteiger partial charge < -0.3 is 4.90 Å². The summed E-state index contributed by atoms with van der Waals surface area (Å²) in [5.74, 6) is 0.145. The topological polar surface area (TPSA) is 20.3 Å². The number of carbonyl (C=O) groups excluding carboxylic acids is 1. The molecule has 2 heteroatoms. The van der Waals surface area contributed by atoms with E-state index in [0.717, 1.165) is 16.8 Å². The van der Waals surface area contributed by atoms with Crippen LogP contribution in [-0.2, 0) is 4.79 Å². The van der Waals surface area contributed by atoms with Crippen LogP contribution >= 0.6 is 0 Å². The lowest BCUT2D eigenvalue weighted by atomic mass is 9.91.